The van der Waals surface area contributed by atoms with Gasteiger partial charge in [-0.3, -0.25) is 4.79 Å². The molecule has 0 radical (unpaired) electrons. The number of hydrogen-bond donors (Lipinski definition) is 2. The molecule has 2 N–H and O–H groups in total. The average Bonchev–Trinajstić information content (AvgIpc) is 2.81. The van der Waals surface area contributed by atoms with Crippen LogP contribution in [0.15, 0.2) is 22.7 Å². The van der Waals surface area contributed by atoms with Crippen molar-refractivity contribution in [3.8, 4) is 0 Å². The molecule has 0 unspecified atom stereocenters. The van der Waals surface area contributed by atoms with Crippen molar-refractivity contribution in [3.05, 3.63) is 46.3 Å². The van der Waals surface area contributed by atoms with Gasteiger partial charge in [-0.25, -0.2) is 0 Å². The molecule has 0 fully saturated rings. The molecule has 0 bridgehead atoms. The summed E-state index contributed by atoms with van der Waals surface area (Å²) < 4.78 is 5.24. The number of amides is 1. The summed E-state index contributed by atoms with van der Waals surface area (Å²) in [5, 5.41) is 10.0. The lowest BCUT2D eigenvalue weighted by Crippen LogP contribution is -2.25. The Morgan fingerprint density at radius 3 is 2.80 bits per heavy atom. The summed E-state index contributed by atoms with van der Waals surface area (Å²) in [6, 6.07) is 5.95. The van der Waals surface area contributed by atoms with Gasteiger partial charge in [-0.15, -0.1) is 0 Å². The highest BCUT2D eigenvalue weighted by Gasteiger charge is 2.23. The van der Waals surface area contributed by atoms with Gasteiger partial charge in [-0.1, -0.05) is 11.2 Å². The number of benzene rings is 1. The van der Waals surface area contributed by atoms with Crippen LogP contribution in [0.5, 0.6) is 0 Å². The Morgan fingerprint density at radius 1 is 1.30 bits per heavy atom. The fourth-order valence-corrected chi connectivity index (χ4v) is 2.55. The van der Waals surface area contributed by atoms with Crippen molar-refractivity contribution >= 4 is 11.6 Å². The molecular weight excluding hydrogens is 254 g/mol. The van der Waals surface area contributed by atoms with E-state index in [4.69, 9.17) is 4.52 Å². The van der Waals surface area contributed by atoms with Gasteiger partial charge in [0, 0.05) is 30.8 Å². The molecule has 2 heterocycles. The van der Waals surface area contributed by atoms with E-state index in [1.807, 2.05) is 26.0 Å². The van der Waals surface area contributed by atoms with Crippen LogP contribution in [0.25, 0.3) is 0 Å². The topological polar surface area (TPSA) is 67.2 Å². The second kappa shape index (κ2) is 5.09. The number of hydrogen-bond acceptors (Lipinski definition) is 4. The fraction of sp³-hybridized carbons (Fsp3) is 0.333. The largest absolute Gasteiger partial charge is 0.360 e. The molecule has 1 aromatic carbocycles. The van der Waals surface area contributed by atoms with Crippen molar-refractivity contribution < 1.29 is 9.32 Å². The van der Waals surface area contributed by atoms with E-state index < -0.39 is 0 Å². The maximum absolute atomic E-state index is 12.3. The first-order valence-corrected chi connectivity index (χ1v) is 6.71. The van der Waals surface area contributed by atoms with Crippen molar-refractivity contribution in [2.45, 2.75) is 26.8 Å². The Morgan fingerprint density at radius 2 is 2.05 bits per heavy atom. The molecule has 0 saturated carbocycles. The number of fused-ring (bicyclic) bond motifs is 1. The predicted molar refractivity (Wildman–Crippen MR) is 75.8 cm³/mol. The zero-order valence-corrected chi connectivity index (χ0v) is 11.6. The molecule has 1 aliphatic rings. The zero-order valence-electron chi connectivity index (χ0n) is 11.6. The van der Waals surface area contributed by atoms with Crippen molar-refractivity contribution in [1.29, 1.82) is 0 Å². The van der Waals surface area contributed by atoms with Crippen LogP contribution in [0.1, 0.15) is 32.9 Å². The molecule has 104 valence electrons. The Bertz CT molecular complexity index is 641. The first-order chi connectivity index (χ1) is 9.63. The SMILES string of the molecule is Cc1cc(C)cc(NC(=O)c2noc3c2CNCC3)c1. The first kappa shape index (κ1) is 12.9. The summed E-state index contributed by atoms with van der Waals surface area (Å²) in [6.07, 6.45) is 0.777. The fourth-order valence-electron chi connectivity index (χ4n) is 2.55. The highest BCUT2D eigenvalue weighted by molar-refractivity contribution is 6.04. The highest BCUT2D eigenvalue weighted by atomic mass is 16.5. The summed E-state index contributed by atoms with van der Waals surface area (Å²) in [6.45, 7) is 5.50. The molecule has 0 saturated heterocycles. The van der Waals surface area contributed by atoms with Gasteiger partial charge in [0.15, 0.2) is 5.69 Å². The van der Waals surface area contributed by atoms with Gasteiger partial charge in [0.2, 0.25) is 0 Å². The molecular formula is C15H17N3O2. The van der Waals surface area contributed by atoms with E-state index in [0.717, 1.165) is 41.1 Å². The van der Waals surface area contributed by atoms with Crippen LogP contribution in [-0.4, -0.2) is 17.6 Å². The normalized spacial score (nSPS) is 13.9. The minimum Gasteiger partial charge on any atom is -0.360 e. The van der Waals surface area contributed by atoms with Gasteiger partial charge in [-0.05, 0) is 37.1 Å². The monoisotopic (exact) mass is 271 g/mol. The number of carbonyl (C=O) groups is 1. The van der Waals surface area contributed by atoms with Crippen LogP contribution in [0.4, 0.5) is 5.69 Å². The summed E-state index contributed by atoms with van der Waals surface area (Å²) in [7, 11) is 0. The number of aryl methyl sites for hydroxylation is 2. The third-order valence-corrected chi connectivity index (χ3v) is 3.39. The lowest BCUT2D eigenvalue weighted by Gasteiger charge is -2.11. The smallest absolute Gasteiger partial charge is 0.278 e. The number of anilines is 1. The highest BCUT2D eigenvalue weighted by Crippen LogP contribution is 2.20. The summed E-state index contributed by atoms with van der Waals surface area (Å²) >= 11 is 0. The standard InChI is InChI=1S/C15H17N3O2/c1-9-5-10(2)7-11(6-9)17-15(19)14-12-8-16-4-3-13(12)20-18-14/h5-7,16H,3-4,8H2,1-2H3,(H,17,19). The minimum atomic E-state index is -0.219. The third kappa shape index (κ3) is 2.44. The molecule has 0 aliphatic carbocycles. The van der Waals surface area contributed by atoms with Gasteiger partial charge in [0.1, 0.15) is 5.76 Å². The molecule has 20 heavy (non-hydrogen) atoms. The van der Waals surface area contributed by atoms with E-state index >= 15 is 0 Å². The second-order valence-corrected chi connectivity index (χ2v) is 5.19. The molecule has 1 aromatic heterocycles. The summed E-state index contributed by atoms with van der Waals surface area (Å²) in [5.41, 5.74) is 4.27. The average molecular weight is 271 g/mol. The van der Waals surface area contributed by atoms with Crippen LogP contribution in [0.2, 0.25) is 0 Å². The maximum Gasteiger partial charge on any atom is 0.278 e. The first-order valence-electron chi connectivity index (χ1n) is 6.71. The number of carbonyl (C=O) groups excluding carboxylic acids is 1. The second-order valence-electron chi connectivity index (χ2n) is 5.19. The molecule has 0 atom stereocenters. The lowest BCUT2D eigenvalue weighted by atomic mass is 10.1. The van der Waals surface area contributed by atoms with Crippen LogP contribution in [0, 0.1) is 13.8 Å². The van der Waals surface area contributed by atoms with Gasteiger partial charge in [0.05, 0.1) is 0 Å². The lowest BCUT2D eigenvalue weighted by molar-refractivity contribution is 0.101. The van der Waals surface area contributed by atoms with Crippen LogP contribution in [0.3, 0.4) is 0 Å². The Hall–Kier alpha value is -2.14. The summed E-state index contributed by atoms with van der Waals surface area (Å²) in [4.78, 5) is 12.3. The zero-order chi connectivity index (χ0) is 14.1. The number of rotatable bonds is 2. The maximum atomic E-state index is 12.3. The summed E-state index contributed by atoms with van der Waals surface area (Å²) in [5.74, 6) is 0.595. The van der Waals surface area contributed by atoms with Gasteiger partial charge < -0.3 is 15.2 Å². The molecule has 1 amide bonds. The van der Waals surface area contributed by atoms with Crippen molar-refractivity contribution in [2.24, 2.45) is 0 Å². The molecule has 5 nitrogen and oxygen atoms in total. The predicted octanol–water partition coefficient (Wildman–Crippen LogP) is 2.19. The van der Waals surface area contributed by atoms with Crippen LogP contribution < -0.4 is 10.6 Å². The molecule has 5 heteroatoms. The quantitative estimate of drug-likeness (QED) is 0.878. The molecule has 0 spiro atoms. The Balaban J connectivity index is 1.84. The number of nitrogens with one attached hydrogen (secondary N) is 2. The Kier molecular flexibility index (Phi) is 3.28. The number of aromatic nitrogens is 1. The molecule has 1 aliphatic heterocycles. The van der Waals surface area contributed by atoms with Crippen molar-refractivity contribution in [1.82, 2.24) is 10.5 Å². The molecule has 2 aromatic rings. The van der Waals surface area contributed by atoms with E-state index in [0.29, 0.717) is 12.2 Å². The minimum absolute atomic E-state index is 0.219. The van der Waals surface area contributed by atoms with Crippen LogP contribution >= 0.6 is 0 Å². The van der Waals surface area contributed by atoms with E-state index in [1.54, 1.807) is 0 Å². The van der Waals surface area contributed by atoms with E-state index in [2.05, 4.69) is 21.9 Å². The third-order valence-electron chi connectivity index (χ3n) is 3.39. The van der Waals surface area contributed by atoms with E-state index in [9.17, 15) is 4.79 Å². The van der Waals surface area contributed by atoms with Gasteiger partial charge in [-0.2, -0.15) is 0 Å². The van der Waals surface area contributed by atoms with Crippen molar-refractivity contribution in [3.63, 3.8) is 0 Å². The van der Waals surface area contributed by atoms with Crippen LogP contribution in [-0.2, 0) is 13.0 Å². The molecule has 3 rings (SSSR count). The number of nitrogens with zero attached hydrogens (tertiary/aromatic N) is 1. The van der Waals surface area contributed by atoms with Gasteiger partial charge in [0.25, 0.3) is 5.91 Å². The van der Waals surface area contributed by atoms with Crippen molar-refractivity contribution in [2.75, 3.05) is 11.9 Å². The van der Waals surface area contributed by atoms with E-state index in [-0.39, 0.29) is 5.91 Å². The Labute approximate surface area is 117 Å². The van der Waals surface area contributed by atoms with E-state index in [1.165, 1.54) is 0 Å². The van der Waals surface area contributed by atoms with Gasteiger partial charge >= 0.3 is 0 Å².